The van der Waals surface area contributed by atoms with E-state index in [2.05, 4.69) is 20.8 Å². The lowest BCUT2D eigenvalue weighted by Gasteiger charge is -2.44. The van der Waals surface area contributed by atoms with E-state index in [9.17, 15) is 4.79 Å². The zero-order chi connectivity index (χ0) is 10.4. The van der Waals surface area contributed by atoms with Gasteiger partial charge >= 0.3 is 0 Å². The Hall–Kier alpha value is -0.630. The Morgan fingerprint density at radius 3 is 2.71 bits per heavy atom. The molecule has 0 aromatic heterocycles. The fourth-order valence-corrected chi connectivity index (χ4v) is 2.58. The Balaban J connectivity index is 2.34. The summed E-state index contributed by atoms with van der Waals surface area (Å²) in [6.45, 7) is 7.10. The van der Waals surface area contributed by atoms with Crippen molar-refractivity contribution in [3.63, 3.8) is 0 Å². The van der Waals surface area contributed by atoms with E-state index >= 15 is 0 Å². The van der Waals surface area contributed by atoms with Crippen LogP contribution in [-0.2, 0) is 9.53 Å². The van der Waals surface area contributed by atoms with Gasteiger partial charge in [-0.3, -0.25) is 4.79 Å². The maximum absolute atomic E-state index is 11.9. The molecule has 1 aliphatic carbocycles. The molecule has 1 fully saturated rings. The molecular formula is C12H18O2. The van der Waals surface area contributed by atoms with E-state index in [-0.39, 0.29) is 11.2 Å². The summed E-state index contributed by atoms with van der Waals surface area (Å²) in [5.74, 6) is 0.751. The number of ketones is 1. The first-order chi connectivity index (χ1) is 6.48. The van der Waals surface area contributed by atoms with Crippen molar-refractivity contribution < 1.29 is 9.53 Å². The summed E-state index contributed by atoms with van der Waals surface area (Å²) >= 11 is 0. The van der Waals surface area contributed by atoms with Crippen LogP contribution in [0.5, 0.6) is 0 Å². The zero-order valence-electron chi connectivity index (χ0n) is 9.17. The van der Waals surface area contributed by atoms with Gasteiger partial charge in [0.2, 0.25) is 0 Å². The lowest BCUT2D eigenvalue weighted by atomic mass is 9.70. The summed E-state index contributed by atoms with van der Waals surface area (Å²) in [4.78, 5) is 11.9. The van der Waals surface area contributed by atoms with Crippen LogP contribution in [0.25, 0.3) is 0 Å². The maximum atomic E-state index is 11.9. The van der Waals surface area contributed by atoms with Crippen molar-refractivity contribution in [1.82, 2.24) is 0 Å². The Morgan fingerprint density at radius 2 is 2.21 bits per heavy atom. The Bertz CT molecular complexity index is 291. The Morgan fingerprint density at radius 1 is 1.50 bits per heavy atom. The van der Waals surface area contributed by atoms with Crippen LogP contribution < -0.4 is 0 Å². The predicted octanol–water partition coefficient (Wildman–Crippen LogP) is 2.34. The summed E-state index contributed by atoms with van der Waals surface area (Å²) < 4.78 is 5.81. The fourth-order valence-electron chi connectivity index (χ4n) is 2.58. The predicted molar refractivity (Wildman–Crippen MR) is 55.0 cm³/mol. The van der Waals surface area contributed by atoms with Crippen LogP contribution in [-0.4, -0.2) is 18.0 Å². The first-order valence-corrected chi connectivity index (χ1v) is 5.36. The second kappa shape index (κ2) is 2.93. The number of carbonyl (C=O) groups is 1. The van der Waals surface area contributed by atoms with Crippen molar-refractivity contribution in [2.75, 3.05) is 6.61 Å². The number of rotatable bonds is 0. The SMILES string of the molecule is CC1CCO[C@]2(C1)C(=O)C=CC2(C)C. The summed E-state index contributed by atoms with van der Waals surface area (Å²) in [5, 5.41) is 0. The molecule has 2 aliphatic rings. The van der Waals surface area contributed by atoms with Crippen molar-refractivity contribution in [3.05, 3.63) is 12.2 Å². The van der Waals surface area contributed by atoms with Gasteiger partial charge in [-0.15, -0.1) is 0 Å². The minimum atomic E-state index is -0.551. The molecule has 2 atom stereocenters. The second-order valence-corrected chi connectivity index (χ2v) is 5.19. The molecule has 0 N–H and O–H groups in total. The molecule has 1 heterocycles. The average molecular weight is 194 g/mol. The third-order valence-electron chi connectivity index (χ3n) is 3.69. The highest BCUT2D eigenvalue weighted by Gasteiger charge is 2.54. The van der Waals surface area contributed by atoms with Crippen molar-refractivity contribution in [2.45, 2.75) is 39.2 Å². The quantitative estimate of drug-likeness (QED) is 0.591. The summed E-state index contributed by atoms with van der Waals surface area (Å²) in [7, 11) is 0. The number of carbonyl (C=O) groups excluding carboxylic acids is 1. The normalized spacial score (nSPS) is 40.8. The van der Waals surface area contributed by atoms with Gasteiger partial charge in [0.1, 0.15) is 5.60 Å². The summed E-state index contributed by atoms with van der Waals surface area (Å²) in [6, 6.07) is 0. The zero-order valence-corrected chi connectivity index (χ0v) is 9.17. The topological polar surface area (TPSA) is 26.3 Å². The molecule has 2 nitrogen and oxygen atoms in total. The molecule has 2 heteroatoms. The first kappa shape index (κ1) is 9.91. The molecule has 0 amide bonds. The summed E-state index contributed by atoms with van der Waals surface area (Å²) in [5.41, 5.74) is -0.691. The van der Waals surface area contributed by atoms with Gasteiger partial charge in [-0.1, -0.05) is 26.8 Å². The van der Waals surface area contributed by atoms with E-state index in [4.69, 9.17) is 4.74 Å². The molecule has 2 rings (SSSR count). The molecule has 14 heavy (non-hydrogen) atoms. The average Bonchev–Trinajstić information content (AvgIpc) is 2.31. The molecule has 0 saturated carbocycles. The van der Waals surface area contributed by atoms with Gasteiger partial charge in [-0.2, -0.15) is 0 Å². The molecule has 0 aromatic rings. The molecule has 0 bridgehead atoms. The van der Waals surface area contributed by atoms with E-state index < -0.39 is 5.60 Å². The van der Waals surface area contributed by atoms with Crippen LogP contribution in [0.4, 0.5) is 0 Å². The first-order valence-electron chi connectivity index (χ1n) is 5.36. The van der Waals surface area contributed by atoms with Crippen LogP contribution in [0, 0.1) is 11.3 Å². The highest BCUT2D eigenvalue weighted by atomic mass is 16.5. The van der Waals surface area contributed by atoms with Gasteiger partial charge in [0, 0.05) is 12.0 Å². The molecule has 1 saturated heterocycles. The van der Waals surface area contributed by atoms with E-state index in [0.29, 0.717) is 5.92 Å². The Labute approximate surface area is 85.3 Å². The van der Waals surface area contributed by atoms with Gasteiger partial charge in [-0.05, 0) is 24.8 Å². The molecule has 1 aliphatic heterocycles. The number of hydrogen-bond acceptors (Lipinski definition) is 2. The molecule has 0 aromatic carbocycles. The van der Waals surface area contributed by atoms with E-state index in [1.165, 1.54) is 0 Å². The summed E-state index contributed by atoms with van der Waals surface area (Å²) in [6.07, 6.45) is 5.63. The minimum Gasteiger partial charge on any atom is -0.366 e. The molecule has 0 radical (unpaired) electrons. The van der Waals surface area contributed by atoms with Gasteiger partial charge in [0.15, 0.2) is 5.78 Å². The highest BCUT2D eigenvalue weighted by Crippen LogP contribution is 2.47. The smallest absolute Gasteiger partial charge is 0.188 e. The third-order valence-corrected chi connectivity index (χ3v) is 3.69. The van der Waals surface area contributed by atoms with Crippen LogP contribution in [0.15, 0.2) is 12.2 Å². The molecule has 1 spiro atoms. The standard InChI is InChI=1S/C12H18O2/c1-9-5-7-14-12(8-9)10(13)4-6-11(12,2)3/h4,6,9H,5,7-8H2,1-3H3/t9?,12-/m1/s1. The van der Waals surface area contributed by atoms with Crippen molar-refractivity contribution in [3.8, 4) is 0 Å². The number of ether oxygens (including phenoxy) is 1. The van der Waals surface area contributed by atoms with Crippen molar-refractivity contribution in [2.24, 2.45) is 11.3 Å². The lowest BCUT2D eigenvalue weighted by Crippen LogP contribution is -2.52. The van der Waals surface area contributed by atoms with Gasteiger partial charge < -0.3 is 4.74 Å². The highest BCUT2D eigenvalue weighted by molar-refractivity contribution is 6.01. The second-order valence-electron chi connectivity index (χ2n) is 5.19. The van der Waals surface area contributed by atoms with Crippen LogP contribution in [0.2, 0.25) is 0 Å². The van der Waals surface area contributed by atoms with Crippen LogP contribution in [0.3, 0.4) is 0 Å². The van der Waals surface area contributed by atoms with Crippen molar-refractivity contribution in [1.29, 1.82) is 0 Å². The van der Waals surface area contributed by atoms with E-state index in [1.54, 1.807) is 6.08 Å². The third kappa shape index (κ3) is 1.17. The van der Waals surface area contributed by atoms with Crippen molar-refractivity contribution >= 4 is 5.78 Å². The monoisotopic (exact) mass is 194 g/mol. The molecule has 78 valence electrons. The maximum Gasteiger partial charge on any atom is 0.188 e. The van der Waals surface area contributed by atoms with Gasteiger partial charge in [0.25, 0.3) is 0 Å². The lowest BCUT2D eigenvalue weighted by molar-refractivity contribution is -0.165. The van der Waals surface area contributed by atoms with Crippen LogP contribution >= 0.6 is 0 Å². The van der Waals surface area contributed by atoms with E-state index in [1.807, 2.05) is 6.08 Å². The minimum absolute atomic E-state index is 0.140. The van der Waals surface area contributed by atoms with Gasteiger partial charge in [-0.25, -0.2) is 0 Å². The molecular weight excluding hydrogens is 176 g/mol. The largest absolute Gasteiger partial charge is 0.366 e. The van der Waals surface area contributed by atoms with E-state index in [0.717, 1.165) is 19.4 Å². The fraction of sp³-hybridized carbons (Fsp3) is 0.750. The Kier molecular flexibility index (Phi) is 2.07. The van der Waals surface area contributed by atoms with Crippen LogP contribution in [0.1, 0.15) is 33.6 Å². The van der Waals surface area contributed by atoms with Gasteiger partial charge in [0.05, 0.1) is 0 Å². The number of hydrogen-bond donors (Lipinski definition) is 0. The molecule has 1 unspecified atom stereocenters.